The normalized spacial score (nSPS) is 15.1. The van der Waals surface area contributed by atoms with Crippen LogP contribution in [0.25, 0.3) is 11.8 Å². The molecule has 7 nitrogen and oxygen atoms in total. The molecule has 0 radical (unpaired) electrons. The number of carboxylic acids is 1. The monoisotopic (exact) mass is 511 g/mol. The molecule has 0 aliphatic carbocycles. The second-order valence-corrected chi connectivity index (χ2v) is 8.77. The van der Waals surface area contributed by atoms with Crippen LogP contribution < -0.4 is 10.2 Å². The van der Waals surface area contributed by atoms with Crippen molar-refractivity contribution in [3.8, 4) is 5.69 Å². The minimum atomic E-state index is -1.03. The number of nitrogens with zero attached hydrogens (tertiary/aromatic N) is 2. The zero-order valence-electron chi connectivity index (χ0n) is 18.8. The molecular formula is C25H19ClFN3O4S. The zero-order valence-corrected chi connectivity index (χ0v) is 20.4. The molecule has 4 rings (SSSR count). The first kappa shape index (κ1) is 24.3. The van der Waals surface area contributed by atoms with Gasteiger partial charge in [-0.15, -0.1) is 0 Å². The third-order valence-corrected chi connectivity index (χ3v) is 6.38. The van der Waals surface area contributed by atoms with E-state index in [2.05, 4.69) is 5.32 Å². The van der Waals surface area contributed by atoms with E-state index in [9.17, 15) is 23.9 Å². The topological polar surface area (TPSA) is 91.6 Å². The Balaban J connectivity index is 1.80. The molecule has 3 aromatic rings. The van der Waals surface area contributed by atoms with E-state index in [4.69, 9.17) is 23.8 Å². The van der Waals surface area contributed by atoms with E-state index in [1.165, 1.54) is 24.3 Å². The second kappa shape index (κ2) is 9.09. The van der Waals surface area contributed by atoms with Crippen molar-refractivity contribution in [3.05, 3.63) is 87.0 Å². The van der Waals surface area contributed by atoms with Crippen LogP contribution in [-0.4, -0.2) is 32.6 Å². The zero-order chi connectivity index (χ0) is 25.6. The average Bonchev–Trinajstić information content (AvgIpc) is 3.06. The molecule has 35 heavy (non-hydrogen) atoms. The molecule has 2 amide bonds. The quantitative estimate of drug-likeness (QED) is 0.300. The van der Waals surface area contributed by atoms with Gasteiger partial charge in [0.25, 0.3) is 11.8 Å². The summed E-state index contributed by atoms with van der Waals surface area (Å²) in [5, 5.41) is 11.6. The van der Waals surface area contributed by atoms with Gasteiger partial charge in [0, 0.05) is 17.1 Å². The number of halogens is 2. The number of aromatic nitrogens is 1. The third-order valence-electron chi connectivity index (χ3n) is 5.81. The molecule has 0 unspecified atom stereocenters. The maximum Gasteiger partial charge on any atom is 0.336 e. The first-order valence-corrected chi connectivity index (χ1v) is 11.2. The van der Waals surface area contributed by atoms with E-state index in [-0.39, 0.29) is 27.0 Å². The van der Waals surface area contributed by atoms with Crippen LogP contribution in [0.4, 0.5) is 10.1 Å². The van der Waals surface area contributed by atoms with Gasteiger partial charge in [0.2, 0.25) is 0 Å². The van der Waals surface area contributed by atoms with Gasteiger partial charge in [-0.2, -0.15) is 0 Å². The second-order valence-electron chi connectivity index (χ2n) is 7.97. The van der Waals surface area contributed by atoms with E-state index < -0.39 is 23.6 Å². The van der Waals surface area contributed by atoms with Crippen LogP contribution in [-0.2, 0) is 9.59 Å². The summed E-state index contributed by atoms with van der Waals surface area (Å²) >= 11 is 11.0. The summed E-state index contributed by atoms with van der Waals surface area (Å²) in [7, 11) is 0. The summed E-state index contributed by atoms with van der Waals surface area (Å²) in [6.07, 6.45) is 1.45. The Morgan fingerprint density at radius 3 is 2.51 bits per heavy atom. The van der Waals surface area contributed by atoms with Crippen LogP contribution in [0.1, 0.15) is 32.9 Å². The lowest BCUT2D eigenvalue weighted by atomic mass is 10.1. The fraction of sp³-hybridized carbons (Fsp3) is 0.120. The fourth-order valence-corrected chi connectivity index (χ4v) is 4.53. The molecule has 0 atom stereocenters. The van der Waals surface area contributed by atoms with Crippen molar-refractivity contribution in [2.75, 3.05) is 4.90 Å². The van der Waals surface area contributed by atoms with E-state index in [1.807, 2.05) is 11.5 Å². The third kappa shape index (κ3) is 4.24. The highest BCUT2D eigenvalue weighted by Gasteiger charge is 2.35. The van der Waals surface area contributed by atoms with E-state index >= 15 is 0 Å². The first-order valence-electron chi connectivity index (χ1n) is 10.4. The van der Waals surface area contributed by atoms with Crippen molar-refractivity contribution in [2.24, 2.45) is 0 Å². The summed E-state index contributed by atoms with van der Waals surface area (Å²) in [5.41, 5.74) is 3.54. The molecule has 10 heteroatoms. The number of rotatable bonds is 4. The van der Waals surface area contributed by atoms with Crippen molar-refractivity contribution < 1.29 is 23.9 Å². The Morgan fingerprint density at radius 1 is 1.14 bits per heavy atom. The maximum atomic E-state index is 13.6. The summed E-state index contributed by atoms with van der Waals surface area (Å²) in [5.74, 6) is -3.04. The number of amides is 2. The summed E-state index contributed by atoms with van der Waals surface area (Å²) in [4.78, 5) is 38.6. The van der Waals surface area contributed by atoms with Crippen molar-refractivity contribution in [2.45, 2.75) is 20.8 Å². The number of carboxylic acid groups (broad SMARTS) is 1. The van der Waals surface area contributed by atoms with Crippen molar-refractivity contribution in [3.63, 3.8) is 0 Å². The van der Waals surface area contributed by atoms with Gasteiger partial charge >= 0.3 is 5.97 Å². The molecule has 1 aliphatic rings. The van der Waals surface area contributed by atoms with Gasteiger partial charge in [-0.3, -0.25) is 19.8 Å². The van der Waals surface area contributed by atoms with Crippen LogP contribution in [0, 0.1) is 26.6 Å². The van der Waals surface area contributed by atoms with Gasteiger partial charge in [-0.1, -0.05) is 17.7 Å². The predicted octanol–water partition coefficient (Wildman–Crippen LogP) is 4.72. The number of carbonyl (C=O) groups is 3. The summed E-state index contributed by atoms with van der Waals surface area (Å²) < 4.78 is 15.5. The lowest BCUT2D eigenvalue weighted by Crippen LogP contribution is -2.54. The average molecular weight is 512 g/mol. The molecule has 1 aliphatic heterocycles. The van der Waals surface area contributed by atoms with E-state index in [0.717, 1.165) is 16.7 Å². The number of benzene rings is 2. The molecule has 1 fully saturated rings. The number of anilines is 1. The number of nitrogens with one attached hydrogen (secondary N) is 1. The number of aryl methyl sites for hydroxylation is 1. The summed E-state index contributed by atoms with van der Waals surface area (Å²) in [6, 6.07) is 10.5. The van der Waals surface area contributed by atoms with Gasteiger partial charge in [0.1, 0.15) is 11.4 Å². The highest BCUT2D eigenvalue weighted by atomic mass is 35.5. The van der Waals surface area contributed by atoms with Crippen molar-refractivity contribution in [1.29, 1.82) is 0 Å². The van der Waals surface area contributed by atoms with Gasteiger partial charge in [-0.25, -0.2) is 9.18 Å². The lowest BCUT2D eigenvalue weighted by Gasteiger charge is -2.29. The maximum absolute atomic E-state index is 13.6. The molecule has 1 saturated heterocycles. The molecule has 2 heterocycles. The Labute approximate surface area is 210 Å². The fourth-order valence-electron chi connectivity index (χ4n) is 4.07. The minimum absolute atomic E-state index is 0.147. The smallest absolute Gasteiger partial charge is 0.336 e. The van der Waals surface area contributed by atoms with Crippen LogP contribution in [0.3, 0.4) is 0 Å². The van der Waals surface area contributed by atoms with Crippen LogP contribution in [0.15, 0.2) is 48.0 Å². The Kier molecular flexibility index (Phi) is 6.31. The van der Waals surface area contributed by atoms with Gasteiger partial charge in [0.15, 0.2) is 5.11 Å². The highest BCUT2D eigenvalue weighted by molar-refractivity contribution is 7.80. The molecule has 2 N–H and O–H groups in total. The molecule has 0 spiro atoms. The molecule has 1 aromatic heterocycles. The van der Waals surface area contributed by atoms with Crippen LogP contribution in [0.5, 0.6) is 0 Å². The van der Waals surface area contributed by atoms with Crippen molar-refractivity contribution >= 4 is 58.5 Å². The molecular weight excluding hydrogens is 493 g/mol. The highest BCUT2D eigenvalue weighted by Crippen LogP contribution is 2.29. The van der Waals surface area contributed by atoms with Crippen LogP contribution in [0.2, 0.25) is 5.02 Å². The number of hydrogen-bond donors (Lipinski definition) is 2. The number of carbonyl (C=O) groups excluding carboxylic acids is 2. The van der Waals surface area contributed by atoms with Crippen LogP contribution >= 0.6 is 23.8 Å². The minimum Gasteiger partial charge on any atom is -0.478 e. The molecule has 0 bridgehead atoms. The lowest BCUT2D eigenvalue weighted by molar-refractivity contribution is -0.122. The Morgan fingerprint density at radius 2 is 1.86 bits per heavy atom. The number of aromatic carboxylic acids is 1. The first-order chi connectivity index (χ1) is 16.5. The molecule has 0 saturated carbocycles. The number of thiocarbonyl (C=S) groups is 1. The Hall–Kier alpha value is -3.82. The van der Waals surface area contributed by atoms with E-state index in [1.54, 1.807) is 32.0 Å². The Bertz CT molecular complexity index is 1480. The largest absolute Gasteiger partial charge is 0.478 e. The SMILES string of the molecule is Cc1c(C(=O)O)cccc1-n1c(C)cc(/C=C2\C(=O)NC(=S)N(c3ccc(F)c(Cl)c3)C2=O)c1C. The van der Waals surface area contributed by atoms with E-state index in [0.29, 0.717) is 22.5 Å². The van der Waals surface area contributed by atoms with Crippen molar-refractivity contribution in [1.82, 2.24) is 9.88 Å². The predicted molar refractivity (Wildman–Crippen MR) is 135 cm³/mol. The standard InChI is InChI=1S/C25H19ClFN3O4S/c1-12-9-15(14(3)29(12)21-6-4-5-17(13(21)2)24(33)34)10-18-22(31)28-25(35)30(23(18)32)16-7-8-20(27)19(26)11-16/h4-11H,1-3H3,(H,33,34)(H,28,31,35)/b18-10+. The summed E-state index contributed by atoms with van der Waals surface area (Å²) in [6.45, 7) is 5.37. The van der Waals surface area contributed by atoms with Gasteiger partial charge in [-0.05, 0) is 86.6 Å². The van der Waals surface area contributed by atoms with Gasteiger partial charge < -0.3 is 9.67 Å². The van der Waals surface area contributed by atoms with Gasteiger partial charge in [0.05, 0.1) is 16.3 Å². The number of hydrogen-bond acceptors (Lipinski definition) is 4. The molecule has 178 valence electrons. The molecule has 2 aromatic carbocycles.